The number of hydrogen-bond acceptors (Lipinski definition) is 3. The summed E-state index contributed by atoms with van der Waals surface area (Å²) in [5.41, 5.74) is 7.29. The first kappa shape index (κ1) is 15.4. The monoisotopic (exact) mass is 401 g/mol. The molecule has 3 nitrogen and oxygen atoms in total. The zero-order valence-corrected chi connectivity index (χ0v) is 14.5. The van der Waals surface area contributed by atoms with Gasteiger partial charge in [0.25, 0.3) is 0 Å². The summed E-state index contributed by atoms with van der Waals surface area (Å²) in [5.74, 6) is 0.528. The molecule has 0 bridgehead atoms. The fraction of sp³-hybridized carbons (Fsp3) is 0.286. The van der Waals surface area contributed by atoms with Crippen LogP contribution in [0.2, 0.25) is 0 Å². The van der Waals surface area contributed by atoms with Gasteiger partial charge in [-0.25, -0.2) is 14.4 Å². The molecule has 106 valence electrons. The van der Waals surface area contributed by atoms with Crippen LogP contribution in [0.15, 0.2) is 27.1 Å². The minimum Gasteiger partial charge on any atom is -0.383 e. The fourth-order valence-corrected chi connectivity index (χ4v) is 3.05. The minimum absolute atomic E-state index is 0.183. The second-order valence-corrected chi connectivity index (χ2v) is 7.12. The Morgan fingerprint density at radius 3 is 2.35 bits per heavy atom. The van der Waals surface area contributed by atoms with Crippen LogP contribution in [0.25, 0.3) is 11.4 Å². The van der Waals surface area contributed by atoms with Gasteiger partial charge < -0.3 is 5.73 Å². The van der Waals surface area contributed by atoms with Crippen LogP contribution in [-0.2, 0) is 5.41 Å². The molecule has 0 atom stereocenters. The highest BCUT2D eigenvalue weighted by Crippen LogP contribution is 2.34. The molecule has 0 saturated heterocycles. The number of nitrogens with two attached hydrogens (primary N) is 1. The first-order valence-corrected chi connectivity index (χ1v) is 7.57. The van der Waals surface area contributed by atoms with Crippen LogP contribution in [-0.4, -0.2) is 9.97 Å². The highest BCUT2D eigenvalue weighted by atomic mass is 79.9. The standard InChI is InChI=1S/C14H14Br2FN3/c1-14(2,3)11-10(16)12(18)20-13(19-11)8-5-4-7(17)6-9(8)15/h4-6H,1-3H3,(H2,18,19,20). The molecular weight excluding hydrogens is 389 g/mol. The van der Waals surface area contributed by atoms with E-state index in [1.807, 2.05) is 20.8 Å². The molecule has 2 aromatic rings. The summed E-state index contributed by atoms with van der Waals surface area (Å²) in [6.07, 6.45) is 0. The van der Waals surface area contributed by atoms with Crippen LogP contribution in [0.5, 0.6) is 0 Å². The number of nitrogens with zero attached hydrogens (tertiary/aromatic N) is 2. The van der Waals surface area contributed by atoms with E-state index in [9.17, 15) is 4.39 Å². The SMILES string of the molecule is CC(C)(C)c1nc(-c2ccc(F)cc2Br)nc(N)c1Br. The second-order valence-electron chi connectivity index (χ2n) is 5.47. The molecule has 0 aliphatic heterocycles. The maximum Gasteiger partial charge on any atom is 0.162 e. The predicted octanol–water partition coefficient (Wildman–Crippen LogP) is 4.69. The van der Waals surface area contributed by atoms with E-state index in [1.54, 1.807) is 6.07 Å². The lowest BCUT2D eigenvalue weighted by atomic mass is 9.91. The van der Waals surface area contributed by atoms with E-state index < -0.39 is 0 Å². The third kappa shape index (κ3) is 3.01. The van der Waals surface area contributed by atoms with Crippen LogP contribution < -0.4 is 5.73 Å². The second kappa shape index (κ2) is 5.41. The van der Waals surface area contributed by atoms with E-state index in [0.29, 0.717) is 26.2 Å². The number of hydrogen-bond donors (Lipinski definition) is 1. The number of halogens is 3. The third-order valence-electron chi connectivity index (χ3n) is 2.76. The van der Waals surface area contributed by atoms with Crippen molar-refractivity contribution in [3.63, 3.8) is 0 Å². The van der Waals surface area contributed by atoms with Crippen LogP contribution in [0.4, 0.5) is 10.2 Å². The summed E-state index contributed by atoms with van der Waals surface area (Å²) < 4.78 is 14.5. The van der Waals surface area contributed by atoms with Crippen molar-refractivity contribution < 1.29 is 4.39 Å². The van der Waals surface area contributed by atoms with Gasteiger partial charge in [0.1, 0.15) is 11.6 Å². The molecule has 0 unspecified atom stereocenters. The first-order valence-electron chi connectivity index (χ1n) is 5.99. The topological polar surface area (TPSA) is 51.8 Å². The summed E-state index contributed by atoms with van der Waals surface area (Å²) in [5, 5.41) is 0. The van der Waals surface area contributed by atoms with Gasteiger partial charge in [-0.2, -0.15) is 0 Å². The van der Waals surface area contributed by atoms with Gasteiger partial charge in [-0.05, 0) is 50.1 Å². The molecule has 1 aromatic heterocycles. The Morgan fingerprint density at radius 2 is 1.80 bits per heavy atom. The Hall–Kier alpha value is -1.01. The van der Waals surface area contributed by atoms with Gasteiger partial charge in [-0.15, -0.1) is 0 Å². The zero-order chi connectivity index (χ0) is 15.1. The Morgan fingerprint density at radius 1 is 1.15 bits per heavy atom. The molecule has 20 heavy (non-hydrogen) atoms. The van der Waals surface area contributed by atoms with Crippen molar-refractivity contribution in [2.75, 3.05) is 5.73 Å². The summed E-state index contributed by atoms with van der Waals surface area (Å²) >= 11 is 6.76. The van der Waals surface area contributed by atoms with Crippen LogP contribution in [0.1, 0.15) is 26.5 Å². The Balaban J connectivity index is 2.67. The average Bonchev–Trinajstić information content (AvgIpc) is 2.31. The van der Waals surface area contributed by atoms with Crippen molar-refractivity contribution in [2.24, 2.45) is 0 Å². The Labute approximate surface area is 134 Å². The molecule has 2 N–H and O–H groups in total. The molecular formula is C14H14Br2FN3. The van der Waals surface area contributed by atoms with Gasteiger partial charge in [-0.3, -0.25) is 0 Å². The maximum absolute atomic E-state index is 13.2. The lowest BCUT2D eigenvalue weighted by Gasteiger charge is -2.21. The summed E-state index contributed by atoms with van der Waals surface area (Å²) in [7, 11) is 0. The quantitative estimate of drug-likeness (QED) is 0.752. The van der Waals surface area contributed by atoms with Crippen LogP contribution >= 0.6 is 31.9 Å². The van der Waals surface area contributed by atoms with Crippen molar-refractivity contribution in [1.29, 1.82) is 0 Å². The molecule has 1 aromatic carbocycles. The van der Waals surface area contributed by atoms with E-state index in [2.05, 4.69) is 41.8 Å². The molecule has 0 saturated carbocycles. The minimum atomic E-state index is -0.318. The summed E-state index contributed by atoms with van der Waals surface area (Å²) in [4.78, 5) is 8.85. The molecule has 0 amide bonds. The largest absolute Gasteiger partial charge is 0.383 e. The van der Waals surface area contributed by atoms with Gasteiger partial charge in [0.2, 0.25) is 0 Å². The Kier molecular flexibility index (Phi) is 4.16. The van der Waals surface area contributed by atoms with Gasteiger partial charge in [0.15, 0.2) is 5.82 Å². The highest BCUT2D eigenvalue weighted by molar-refractivity contribution is 9.11. The molecule has 0 radical (unpaired) electrons. The lowest BCUT2D eigenvalue weighted by Crippen LogP contribution is -2.17. The number of rotatable bonds is 1. The number of benzene rings is 1. The van der Waals surface area contributed by atoms with Gasteiger partial charge in [-0.1, -0.05) is 20.8 Å². The molecule has 0 aliphatic carbocycles. The molecule has 1 heterocycles. The normalized spacial score (nSPS) is 11.7. The smallest absolute Gasteiger partial charge is 0.162 e. The maximum atomic E-state index is 13.2. The van der Waals surface area contributed by atoms with Crippen molar-refractivity contribution in [3.8, 4) is 11.4 Å². The molecule has 2 rings (SSSR count). The molecule has 0 fully saturated rings. The zero-order valence-electron chi connectivity index (χ0n) is 11.3. The third-order valence-corrected chi connectivity index (χ3v) is 4.20. The van der Waals surface area contributed by atoms with Crippen molar-refractivity contribution in [2.45, 2.75) is 26.2 Å². The van der Waals surface area contributed by atoms with Crippen LogP contribution in [0, 0.1) is 5.82 Å². The van der Waals surface area contributed by atoms with E-state index in [-0.39, 0.29) is 11.2 Å². The van der Waals surface area contributed by atoms with Gasteiger partial charge >= 0.3 is 0 Å². The average molecular weight is 403 g/mol. The Bertz CT molecular complexity index is 666. The molecule has 0 aliphatic rings. The lowest BCUT2D eigenvalue weighted by molar-refractivity contribution is 0.564. The van der Waals surface area contributed by atoms with E-state index in [0.717, 1.165) is 5.69 Å². The predicted molar refractivity (Wildman–Crippen MR) is 85.9 cm³/mol. The van der Waals surface area contributed by atoms with Gasteiger partial charge in [0, 0.05) is 15.5 Å². The fourth-order valence-electron chi connectivity index (χ4n) is 1.75. The summed E-state index contributed by atoms with van der Waals surface area (Å²) in [6.45, 7) is 6.13. The first-order chi connectivity index (χ1) is 9.20. The number of nitrogen functional groups attached to an aromatic ring is 1. The number of anilines is 1. The summed E-state index contributed by atoms with van der Waals surface area (Å²) in [6, 6.07) is 4.39. The van der Waals surface area contributed by atoms with Crippen molar-refractivity contribution in [1.82, 2.24) is 9.97 Å². The van der Waals surface area contributed by atoms with Crippen molar-refractivity contribution >= 4 is 37.7 Å². The molecule has 0 spiro atoms. The molecule has 6 heteroatoms. The number of aromatic nitrogens is 2. The van der Waals surface area contributed by atoms with E-state index in [1.165, 1.54) is 12.1 Å². The van der Waals surface area contributed by atoms with E-state index in [4.69, 9.17) is 5.73 Å². The highest BCUT2D eigenvalue weighted by Gasteiger charge is 2.23. The van der Waals surface area contributed by atoms with E-state index >= 15 is 0 Å². The van der Waals surface area contributed by atoms with Crippen LogP contribution in [0.3, 0.4) is 0 Å². The van der Waals surface area contributed by atoms with Gasteiger partial charge in [0.05, 0.1) is 10.2 Å². The van der Waals surface area contributed by atoms with Crippen molar-refractivity contribution in [3.05, 3.63) is 38.7 Å².